The van der Waals surface area contributed by atoms with E-state index in [2.05, 4.69) is 9.88 Å². The summed E-state index contributed by atoms with van der Waals surface area (Å²) in [5, 5.41) is 10.3. The molecular weight excluding hydrogens is 316 g/mol. The monoisotopic (exact) mass is 340 g/mol. The molecule has 2 rings (SSSR count). The number of pyridine rings is 1. The second-order valence-corrected chi connectivity index (χ2v) is 6.37. The van der Waals surface area contributed by atoms with Gasteiger partial charge in [-0.3, -0.25) is 9.69 Å². The summed E-state index contributed by atoms with van der Waals surface area (Å²) in [6, 6.07) is 3.57. The zero-order chi connectivity index (χ0) is 16.8. The van der Waals surface area contributed by atoms with Crippen LogP contribution in [0.15, 0.2) is 18.3 Å². The summed E-state index contributed by atoms with van der Waals surface area (Å²) in [4.78, 5) is 22.5. The number of aromatic nitrogens is 1. The zero-order valence-corrected chi connectivity index (χ0v) is 14.5. The first-order valence-corrected chi connectivity index (χ1v) is 8.38. The molecule has 1 aliphatic heterocycles. The molecule has 1 atom stereocenters. The predicted molar refractivity (Wildman–Crippen MR) is 91.8 cm³/mol. The molecule has 7 heteroatoms. The molecule has 2 heterocycles. The minimum atomic E-state index is -0.278. The average molecular weight is 341 g/mol. The van der Waals surface area contributed by atoms with Gasteiger partial charge in [0, 0.05) is 46.0 Å². The van der Waals surface area contributed by atoms with Crippen LogP contribution in [0.3, 0.4) is 0 Å². The van der Waals surface area contributed by atoms with Crippen LogP contribution in [0, 0.1) is 0 Å². The molecule has 1 amide bonds. The Morgan fingerprint density at radius 3 is 2.65 bits per heavy atom. The number of aliphatic hydroxyl groups excluding tert-OH is 1. The fraction of sp³-hybridized carbons (Fsp3) is 0.625. The van der Waals surface area contributed by atoms with Crippen LogP contribution in [0.1, 0.15) is 13.3 Å². The molecule has 128 valence electrons. The van der Waals surface area contributed by atoms with E-state index < -0.39 is 0 Å². The fourth-order valence-electron chi connectivity index (χ4n) is 2.58. The third-order valence-electron chi connectivity index (χ3n) is 4.14. The molecule has 0 spiro atoms. The van der Waals surface area contributed by atoms with Gasteiger partial charge in [0.2, 0.25) is 5.91 Å². The molecular formula is C16H25ClN4O2. The maximum atomic E-state index is 12.4. The van der Waals surface area contributed by atoms with Crippen molar-refractivity contribution in [1.29, 1.82) is 0 Å². The van der Waals surface area contributed by atoms with Crippen LogP contribution in [0.5, 0.6) is 0 Å². The van der Waals surface area contributed by atoms with Gasteiger partial charge in [0.25, 0.3) is 0 Å². The Kier molecular flexibility index (Phi) is 6.62. The van der Waals surface area contributed by atoms with Crippen molar-refractivity contribution in [1.82, 2.24) is 14.8 Å². The van der Waals surface area contributed by atoms with Crippen molar-refractivity contribution in [3.8, 4) is 0 Å². The molecule has 1 unspecified atom stereocenters. The van der Waals surface area contributed by atoms with Gasteiger partial charge in [0.05, 0.1) is 17.7 Å². The Balaban J connectivity index is 1.79. The van der Waals surface area contributed by atoms with Crippen molar-refractivity contribution in [2.45, 2.75) is 19.4 Å². The highest BCUT2D eigenvalue weighted by atomic mass is 35.5. The number of nitrogens with zero attached hydrogens (tertiary/aromatic N) is 4. The van der Waals surface area contributed by atoms with Crippen LogP contribution in [-0.2, 0) is 4.79 Å². The smallest absolute Gasteiger partial charge is 0.242 e. The molecule has 1 N–H and O–H groups in total. The first kappa shape index (κ1) is 18.0. The third-order valence-corrected chi connectivity index (χ3v) is 4.36. The van der Waals surface area contributed by atoms with E-state index in [0.717, 1.165) is 25.3 Å². The highest BCUT2D eigenvalue weighted by Crippen LogP contribution is 2.13. The quantitative estimate of drug-likeness (QED) is 0.840. The lowest BCUT2D eigenvalue weighted by atomic mass is 10.2. The highest BCUT2D eigenvalue weighted by molar-refractivity contribution is 6.30. The number of carbonyl (C=O) groups is 1. The minimum absolute atomic E-state index is 0.0972. The van der Waals surface area contributed by atoms with Gasteiger partial charge in [-0.25, -0.2) is 4.98 Å². The summed E-state index contributed by atoms with van der Waals surface area (Å²) in [7, 11) is 1.85. The van der Waals surface area contributed by atoms with E-state index in [0.29, 0.717) is 31.2 Å². The molecule has 0 aliphatic carbocycles. The molecule has 0 radical (unpaired) electrons. The molecule has 1 aromatic heterocycles. The Labute approximate surface area is 142 Å². The van der Waals surface area contributed by atoms with Crippen molar-refractivity contribution >= 4 is 23.3 Å². The van der Waals surface area contributed by atoms with Crippen LogP contribution in [0.4, 0.5) is 5.82 Å². The van der Waals surface area contributed by atoms with Crippen LogP contribution >= 0.6 is 11.6 Å². The summed E-state index contributed by atoms with van der Waals surface area (Å²) in [5.41, 5.74) is 0. The SMILES string of the molecule is CCC(O)CN1CCN(C(=O)CN(C)c2ccc(Cl)cn2)CC1. The second kappa shape index (κ2) is 8.47. The second-order valence-electron chi connectivity index (χ2n) is 5.93. The molecule has 1 aliphatic rings. The summed E-state index contributed by atoms with van der Waals surface area (Å²) in [6.45, 7) is 6.00. The maximum absolute atomic E-state index is 12.4. The van der Waals surface area contributed by atoms with Gasteiger partial charge in [-0.15, -0.1) is 0 Å². The Hall–Kier alpha value is -1.37. The molecule has 1 fully saturated rings. The third kappa shape index (κ3) is 5.34. The number of piperazine rings is 1. The van der Waals surface area contributed by atoms with E-state index in [9.17, 15) is 9.90 Å². The molecule has 0 bridgehead atoms. The van der Waals surface area contributed by atoms with E-state index in [1.165, 1.54) is 0 Å². The van der Waals surface area contributed by atoms with Crippen molar-refractivity contribution in [3.05, 3.63) is 23.4 Å². The Morgan fingerprint density at radius 2 is 2.09 bits per heavy atom. The van der Waals surface area contributed by atoms with E-state index in [1.807, 2.05) is 23.8 Å². The van der Waals surface area contributed by atoms with Crippen LogP contribution in [0.2, 0.25) is 5.02 Å². The molecule has 1 aromatic rings. The fourth-order valence-corrected chi connectivity index (χ4v) is 2.70. The first-order chi connectivity index (χ1) is 11.0. The lowest BCUT2D eigenvalue weighted by Gasteiger charge is -2.36. The molecule has 6 nitrogen and oxygen atoms in total. The van der Waals surface area contributed by atoms with Gasteiger partial charge in [-0.2, -0.15) is 0 Å². The number of likely N-dealkylation sites (N-methyl/N-ethyl adjacent to an activating group) is 1. The molecule has 1 saturated heterocycles. The topological polar surface area (TPSA) is 59.9 Å². The van der Waals surface area contributed by atoms with Crippen LogP contribution < -0.4 is 4.90 Å². The minimum Gasteiger partial charge on any atom is -0.392 e. The van der Waals surface area contributed by atoms with E-state index in [4.69, 9.17) is 11.6 Å². The number of rotatable bonds is 6. The highest BCUT2D eigenvalue weighted by Gasteiger charge is 2.23. The number of halogens is 1. The van der Waals surface area contributed by atoms with Gasteiger partial charge in [-0.05, 0) is 18.6 Å². The Bertz CT molecular complexity index is 503. The number of β-amino-alcohol motifs (C(OH)–C–C–N with tert-alkyl or cyclic N) is 1. The number of amides is 1. The summed E-state index contributed by atoms with van der Waals surface area (Å²) < 4.78 is 0. The zero-order valence-electron chi connectivity index (χ0n) is 13.8. The van der Waals surface area contributed by atoms with E-state index >= 15 is 0 Å². The van der Waals surface area contributed by atoms with Gasteiger partial charge < -0.3 is 14.9 Å². The van der Waals surface area contributed by atoms with Gasteiger partial charge in [-0.1, -0.05) is 18.5 Å². The normalized spacial score (nSPS) is 17.1. The lowest BCUT2D eigenvalue weighted by molar-refractivity contribution is -0.131. The van der Waals surface area contributed by atoms with Gasteiger partial charge in [0.15, 0.2) is 0 Å². The number of hydrogen-bond donors (Lipinski definition) is 1. The summed E-state index contributed by atoms with van der Waals surface area (Å²) >= 11 is 5.83. The van der Waals surface area contributed by atoms with Crippen LogP contribution in [-0.4, -0.2) is 78.2 Å². The predicted octanol–water partition coefficient (Wildman–Crippen LogP) is 1.09. The Morgan fingerprint density at radius 1 is 1.39 bits per heavy atom. The van der Waals surface area contributed by atoms with Crippen molar-refractivity contribution < 1.29 is 9.90 Å². The maximum Gasteiger partial charge on any atom is 0.242 e. The van der Waals surface area contributed by atoms with Gasteiger partial charge in [0.1, 0.15) is 5.82 Å². The average Bonchev–Trinajstić information content (AvgIpc) is 2.55. The van der Waals surface area contributed by atoms with Crippen molar-refractivity contribution in [2.75, 3.05) is 51.2 Å². The summed E-state index contributed by atoms with van der Waals surface area (Å²) in [5.74, 6) is 0.826. The number of anilines is 1. The number of hydrogen-bond acceptors (Lipinski definition) is 5. The number of carbonyl (C=O) groups excluding carboxylic acids is 1. The molecule has 23 heavy (non-hydrogen) atoms. The van der Waals surface area contributed by atoms with E-state index in [-0.39, 0.29) is 12.0 Å². The summed E-state index contributed by atoms with van der Waals surface area (Å²) in [6.07, 6.45) is 2.06. The lowest BCUT2D eigenvalue weighted by Crippen LogP contribution is -2.52. The van der Waals surface area contributed by atoms with E-state index in [1.54, 1.807) is 18.3 Å². The molecule has 0 saturated carbocycles. The molecule has 0 aromatic carbocycles. The van der Waals surface area contributed by atoms with Crippen molar-refractivity contribution in [3.63, 3.8) is 0 Å². The number of aliphatic hydroxyl groups is 1. The first-order valence-electron chi connectivity index (χ1n) is 8.00. The van der Waals surface area contributed by atoms with Crippen LogP contribution in [0.25, 0.3) is 0 Å². The van der Waals surface area contributed by atoms with Gasteiger partial charge >= 0.3 is 0 Å². The standard InChI is InChI=1S/C16H25ClN4O2/c1-3-14(22)11-20-6-8-21(9-7-20)16(23)12-19(2)15-5-4-13(17)10-18-15/h4-5,10,14,22H,3,6-9,11-12H2,1-2H3. The largest absolute Gasteiger partial charge is 0.392 e. The van der Waals surface area contributed by atoms with Crippen molar-refractivity contribution in [2.24, 2.45) is 0 Å².